The lowest BCUT2D eigenvalue weighted by Crippen LogP contribution is -2.35. The van der Waals surface area contributed by atoms with Crippen molar-refractivity contribution in [3.63, 3.8) is 0 Å². The van der Waals surface area contributed by atoms with E-state index in [1.807, 2.05) is 19.9 Å². The maximum absolute atomic E-state index is 5.82. The number of allylic oxidation sites excluding steroid dienone is 2. The Labute approximate surface area is 59.6 Å². The van der Waals surface area contributed by atoms with Crippen molar-refractivity contribution in [3.05, 3.63) is 11.8 Å². The minimum Gasteiger partial charge on any atom is -0.353 e. The zero-order valence-electron chi connectivity index (χ0n) is 5.48. The number of nitrogens with zero attached hydrogens (tertiary/aromatic N) is 1. The fourth-order valence-corrected chi connectivity index (χ4v) is 0.928. The minimum atomic E-state index is -0.626. The molecule has 1 heterocycles. The lowest BCUT2D eigenvalue weighted by atomic mass is 10.3. The Morgan fingerprint density at radius 2 is 2.44 bits per heavy atom. The molecule has 1 aliphatic rings. The molecule has 0 aromatic carbocycles. The van der Waals surface area contributed by atoms with Crippen LogP contribution >= 0.6 is 11.6 Å². The van der Waals surface area contributed by atoms with Crippen LogP contribution in [0.2, 0.25) is 0 Å². The lowest BCUT2D eigenvalue weighted by molar-refractivity contribution is 0.570. The normalized spacial score (nSPS) is 33.4. The van der Waals surface area contributed by atoms with Crippen LogP contribution in [0.15, 0.2) is 16.8 Å². The fraction of sp³-hybridized carbons (Fsp3) is 0.500. The fourth-order valence-electron chi connectivity index (χ4n) is 0.723. The van der Waals surface area contributed by atoms with Crippen LogP contribution in [0, 0.1) is 0 Å². The van der Waals surface area contributed by atoms with E-state index in [1.54, 1.807) is 6.21 Å². The smallest absolute Gasteiger partial charge is 0.202 e. The average molecular weight is 145 g/mol. The summed E-state index contributed by atoms with van der Waals surface area (Å²) in [5, 5.41) is 2.36. The largest absolute Gasteiger partial charge is 0.353 e. The van der Waals surface area contributed by atoms with E-state index in [4.69, 9.17) is 11.6 Å². The van der Waals surface area contributed by atoms with Gasteiger partial charge in [0.05, 0.1) is 0 Å². The van der Waals surface area contributed by atoms with Crippen LogP contribution in [0.25, 0.3) is 0 Å². The second-order valence-electron chi connectivity index (χ2n) is 2.21. The second kappa shape index (κ2) is 2.03. The summed E-state index contributed by atoms with van der Waals surface area (Å²) in [4.78, 5) is 3.97. The van der Waals surface area contributed by atoms with Crippen LogP contribution in [0.3, 0.4) is 0 Å². The first kappa shape index (κ1) is 6.62. The number of hydrogen-bond acceptors (Lipinski definition) is 2. The summed E-state index contributed by atoms with van der Waals surface area (Å²) >= 11 is 5.82. The topological polar surface area (TPSA) is 24.4 Å². The van der Waals surface area contributed by atoms with Gasteiger partial charge in [-0.15, -0.1) is 0 Å². The summed E-state index contributed by atoms with van der Waals surface area (Å²) in [5.41, 5.74) is 1.04. The van der Waals surface area contributed by atoms with E-state index in [9.17, 15) is 0 Å². The van der Waals surface area contributed by atoms with Crippen molar-refractivity contribution in [2.24, 2.45) is 4.99 Å². The van der Waals surface area contributed by atoms with E-state index in [0.29, 0.717) is 0 Å². The zero-order valence-corrected chi connectivity index (χ0v) is 6.24. The van der Waals surface area contributed by atoms with Crippen LogP contribution < -0.4 is 5.32 Å². The standard InChI is InChI=1S/C6H9ClN2/c1-5-3-4-8-6(2,7)9-5/h3-4,9H,1-2H3. The Morgan fingerprint density at radius 3 is 2.78 bits per heavy atom. The van der Waals surface area contributed by atoms with Gasteiger partial charge in [-0.25, -0.2) is 0 Å². The lowest BCUT2D eigenvalue weighted by Gasteiger charge is -2.22. The van der Waals surface area contributed by atoms with Gasteiger partial charge in [0.1, 0.15) is 0 Å². The molecule has 1 atom stereocenters. The molecule has 0 aromatic heterocycles. The molecule has 0 saturated carbocycles. The van der Waals surface area contributed by atoms with Crippen LogP contribution in [-0.4, -0.2) is 11.3 Å². The summed E-state index contributed by atoms with van der Waals surface area (Å²) in [6, 6.07) is 0. The molecule has 0 spiro atoms. The maximum Gasteiger partial charge on any atom is 0.202 e. The predicted molar refractivity (Wildman–Crippen MR) is 39.6 cm³/mol. The molecular formula is C6H9ClN2. The van der Waals surface area contributed by atoms with Crippen LogP contribution in [0.4, 0.5) is 0 Å². The van der Waals surface area contributed by atoms with E-state index in [-0.39, 0.29) is 0 Å². The highest BCUT2D eigenvalue weighted by atomic mass is 35.5. The quantitative estimate of drug-likeness (QED) is 0.404. The summed E-state index contributed by atoms with van der Waals surface area (Å²) in [6.07, 6.45) is 3.59. The molecule has 3 heteroatoms. The molecule has 0 amide bonds. The highest BCUT2D eigenvalue weighted by Crippen LogP contribution is 2.15. The Bertz CT molecular complexity index is 170. The van der Waals surface area contributed by atoms with Gasteiger partial charge in [0, 0.05) is 11.9 Å². The molecule has 0 bridgehead atoms. The molecule has 9 heavy (non-hydrogen) atoms. The zero-order chi connectivity index (χ0) is 6.91. The first-order valence-corrected chi connectivity index (χ1v) is 3.17. The molecular weight excluding hydrogens is 136 g/mol. The Morgan fingerprint density at radius 1 is 1.78 bits per heavy atom. The van der Waals surface area contributed by atoms with Crippen molar-refractivity contribution < 1.29 is 0 Å². The summed E-state index contributed by atoms with van der Waals surface area (Å²) in [6.45, 7) is 3.76. The Hall–Kier alpha value is -0.500. The van der Waals surface area contributed by atoms with E-state index < -0.39 is 5.12 Å². The molecule has 0 aliphatic carbocycles. The van der Waals surface area contributed by atoms with Crippen molar-refractivity contribution >= 4 is 17.8 Å². The van der Waals surface area contributed by atoms with E-state index >= 15 is 0 Å². The Balaban J connectivity index is 2.73. The second-order valence-corrected chi connectivity index (χ2v) is 2.94. The SMILES string of the molecule is CC1=CC=NC(C)(Cl)N1. The third-order valence-electron chi connectivity index (χ3n) is 1.07. The van der Waals surface area contributed by atoms with Gasteiger partial charge in [-0.05, 0) is 19.9 Å². The molecule has 0 saturated heterocycles. The van der Waals surface area contributed by atoms with E-state index in [2.05, 4.69) is 10.3 Å². The molecule has 0 radical (unpaired) electrons. The molecule has 1 rings (SSSR count). The highest BCUT2D eigenvalue weighted by molar-refractivity contribution is 6.23. The maximum atomic E-state index is 5.82. The van der Waals surface area contributed by atoms with Gasteiger partial charge < -0.3 is 5.32 Å². The number of nitrogens with one attached hydrogen (secondary N) is 1. The predicted octanol–water partition coefficient (Wildman–Crippen LogP) is 1.48. The minimum absolute atomic E-state index is 0.626. The van der Waals surface area contributed by atoms with Crippen molar-refractivity contribution in [2.75, 3.05) is 0 Å². The third-order valence-corrected chi connectivity index (χ3v) is 1.26. The van der Waals surface area contributed by atoms with Crippen molar-refractivity contribution in [1.82, 2.24) is 5.32 Å². The monoisotopic (exact) mass is 144 g/mol. The average Bonchev–Trinajstić information content (AvgIpc) is 1.60. The van der Waals surface area contributed by atoms with Crippen molar-refractivity contribution in [1.29, 1.82) is 0 Å². The summed E-state index contributed by atoms with van der Waals surface area (Å²) in [7, 11) is 0. The van der Waals surface area contributed by atoms with Crippen LogP contribution in [0.1, 0.15) is 13.8 Å². The van der Waals surface area contributed by atoms with Gasteiger partial charge in [-0.3, -0.25) is 4.99 Å². The van der Waals surface area contributed by atoms with Gasteiger partial charge in [-0.1, -0.05) is 11.6 Å². The molecule has 1 N–H and O–H groups in total. The first-order valence-electron chi connectivity index (χ1n) is 2.79. The Kier molecular flexibility index (Phi) is 1.49. The molecule has 0 fully saturated rings. The van der Waals surface area contributed by atoms with E-state index in [1.165, 1.54) is 0 Å². The van der Waals surface area contributed by atoms with Crippen molar-refractivity contribution in [3.8, 4) is 0 Å². The van der Waals surface area contributed by atoms with Crippen LogP contribution in [0.5, 0.6) is 0 Å². The molecule has 50 valence electrons. The molecule has 1 aliphatic heterocycles. The van der Waals surface area contributed by atoms with Gasteiger partial charge in [-0.2, -0.15) is 0 Å². The molecule has 2 nitrogen and oxygen atoms in total. The molecule has 0 aromatic rings. The summed E-state index contributed by atoms with van der Waals surface area (Å²) in [5.74, 6) is 0. The number of halogens is 1. The van der Waals surface area contributed by atoms with E-state index in [0.717, 1.165) is 5.70 Å². The number of alkyl halides is 1. The van der Waals surface area contributed by atoms with Gasteiger partial charge in [0.15, 0.2) is 0 Å². The van der Waals surface area contributed by atoms with Crippen LogP contribution in [-0.2, 0) is 0 Å². The van der Waals surface area contributed by atoms with Gasteiger partial charge >= 0.3 is 0 Å². The summed E-state index contributed by atoms with van der Waals surface area (Å²) < 4.78 is 0. The molecule has 1 unspecified atom stereocenters. The number of hydrogen-bond donors (Lipinski definition) is 1. The van der Waals surface area contributed by atoms with Gasteiger partial charge in [0.2, 0.25) is 5.12 Å². The third kappa shape index (κ3) is 1.72. The van der Waals surface area contributed by atoms with Crippen molar-refractivity contribution in [2.45, 2.75) is 19.0 Å². The van der Waals surface area contributed by atoms with Gasteiger partial charge in [0.25, 0.3) is 0 Å². The number of rotatable bonds is 0. The number of aliphatic imine (C=N–C) groups is 1. The first-order chi connectivity index (χ1) is 4.10. The highest BCUT2D eigenvalue weighted by Gasteiger charge is 2.18.